The lowest BCUT2D eigenvalue weighted by Crippen LogP contribution is -2.45. The van der Waals surface area contributed by atoms with Crippen LogP contribution in [0.5, 0.6) is 0 Å². The van der Waals surface area contributed by atoms with Crippen LogP contribution >= 0.6 is 0 Å². The van der Waals surface area contributed by atoms with Crippen LogP contribution in [-0.4, -0.2) is 11.7 Å². The third-order valence-electron chi connectivity index (χ3n) is 7.87. The highest BCUT2D eigenvalue weighted by molar-refractivity contribution is 6.02. The molecule has 26 heavy (non-hydrogen) atoms. The van der Waals surface area contributed by atoms with Gasteiger partial charge in [0.15, 0.2) is 5.78 Å². The van der Waals surface area contributed by atoms with Gasteiger partial charge in [-0.05, 0) is 91.9 Å². The molecule has 5 rings (SSSR count). The number of nitrogens with two attached hydrogens (primary N) is 1. The van der Waals surface area contributed by atoms with Gasteiger partial charge in [0, 0.05) is 11.8 Å². The molecule has 3 heteroatoms. The van der Waals surface area contributed by atoms with E-state index < -0.39 is 0 Å². The Bertz CT molecular complexity index is 784. The molecule has 3 nitrogen and oxygen atoms in total. The van der Waals surface area contributed by atoms with E-state index in [-0.39, 0.29) is 17.6 Å². The number of hydrogen-bond acceptors (Lipinski definition) is 2. The summed E-state index contributed by atoms with van der Waals surface area (Å²) in [6.07, 6.45) is 18.2. The van der Waals surface area contributed by atoms with E-state index >= 15 is 0 Å². The molecular formula is C23H27NO2. The molecular weight excluding hydrogens is 322 g/mol. The van der Waals surface area contributed by atoms with Crippen LogP contribution in [-0.2, 0) is 9.59 Å². The first-order valence-electron chi connectivity index (χ1n) is 10.3. The number of allylic oxidation sites excluding steroid dienone is 8. The van der Waals surface area contributed by atoms with Crippen LogP contribution in [0.2, 0.25) is 0 Å². The number of carbonyl (C=O) groups excluding carboxylic acids is 2. The molecule has 0 radical (unpaired) electrons. The summed E-state index contributed by atoms with van der Waals surface area (Å²) in [4.78, 5) is 23.7. The minimum absolute atomic E-state index is 0.0865. The number of amides is 1. The minimum atomic E-state index is -0.0959. The van der Waals surface area contributed by atoms with Crippen LogP contribution in [0.4, 0.5) is 0 Å². The Kier molecular flexibility index (Phi) is 3.80. The number of hydrogen-bond donors (Lipinski definition) is 1. The molecule has 3 fully saturated rings. The Morgan fingerprint density at radius 1 is 0.962 bits per heavy atom. The topological polar surface area (TPSA) is 60.2 Å². The second-order valence-corrected chi connectivity index (χ2v) is 8.94. The molecule has 6 unspecified atom stereocenters. The van der Waals surface area contributed by atoms with Crippen LogP contribution < -0.4 is 5.73 Å². The maximum absolute atomic E-state index is 11.9. The van der Waals surface area contributed by atoms with Crippen molar-refractivity contribution in [2.24, 2.45) is 41.2 Å². The summed E-state index contributed by atoms with van der Waals surface area (Å²) in [7, 11) is 0. The van der Waals surface area contributed by atoms with Crippen LogP contribution in [0, 0.1) is 35.5 Å². The lowest BCUT2D eigenvalue weighted by atomic mass is 9.52. The monoisotopic (exact) mass is 349 g/mol. The largest absolute Gasteiger partial charge is 0.369 e. The third-order valence-corrected chi connectivity index (χ3v) is 7.87. The fraction of sp³-hybridized carbons (Fsp3) is 0.565. The van der Waals surface area contributed by atoms with Gasteiger partial charge < -0.3 is 5.73 Å². The molecule has 0 spiro atoms. The molecule has 2 N–H and O–H groups in total. The lowest BCUT2D eigenvalue weighted by molar-refractivity contribution is -0.124. The maximum atomic E-state index is 11.9. The summed E-state index contributed by atoms with van der Waals surface area (Å²) in [5, 5.41) is 0. The highest BCUT2D eigenvalue weighted by Crippen LogP contribution is 2.57. The molecule has 136 valence electrons. The van der Waals surface area contributed by atoms with Crippen molar-refractivity contribution in [2.45, 2.75) is 44.9 Å². The Morgan fingerprint density at radius 2 is 1.81 bits per heavy atom. The molecule has 0 heterocycles. The predicted octanol–water partition coefficient (Wildman–Crippen LogP) is 3.87. The second kappa shape index (κ2) is 6.07. The average molecular weight is 349 g/mol. The summed E-state index contributed by atoms with van der Waals surface area (Å²) in [5.41, 5.74) is 9.66. The molecule has 3 saturated carbocycles. The molecule has 0 aromatic carbocycles. The summed E-state index contributed by atoms with van der Waals surface area (Å²) < 4.78 is 0. The number of ketones is 1. The first-order chi connectivity index (χ1) is 12.6. The maximum Gasteiger partial charge on any atom is 0.220 e. The molecule has 0 bridgehead atoms. The lowest BCUT2D eigenvalue weighted by Gasteiger charge is -2.52. The van der Waals surface area contributed by atoms with Crippen molar-refractivity contribution in [2.75, 3.05) is 0 Å². The van der Waals surface area contributed by atoms with Gasteiger partial charge in [-0.2, -0.15) is 0 Å². The van der Waals surface area contributed by atoms with Crippen molar-refractivity contribution >= 4 is 11.7 Å². The zero-order chi connectivity index (χ0) is 17.8. The van der Waals surface area contributed by atoms with E-state index in [2.05, 4.69) is 12.2 Å². The van der Waals surface area contributed by atoms with E-state index in [1.54, 1.807) is 11.6 Å². The van der Waals surface area contributed by atoms with Gasteiger partial charge >= 0.3 is 0 Å². The molecule has 0 aromatic rings. The Hall–Kier alpha value is -1.90. The minimum Gasteiger partial charge on any atom is -0.369 e. The Balaban J connectivity index is 1.45. The van der Waals surface area contributed by atoms with Crippen LogP contribution in [0.25, 0.3) is 0 Å². The van der Waals surface area contributed by atoms with Crippen LogP contribution in [0.1, 0.15) is 44.9 Å². The third kappa shape index (κ3) is 2.47. The number of fused-ring (bicyclic) bond motifs is 7. The summed E-state index contributed by atoms with van der Waals surface area (Å²) >= 11 is 0. The standard InChI is InChI=1S/C23H27NO2/c24-23(26)15-2-1-13-4-7-17-18-8-5-14-3-6-16(25)12-22(14)20(18)10-9-19(17)21(13)11-15/h3,5-6,8,12-13,15,17,19-21H,1-2,4,7,9-11H2,(H2,24,26). The highest BCUT2D eigenvalue weighted by atomic mass is 16.1. The van der Waals surface area contributed by atoms with E-state index in [1.807, 2.05) is 12.2 Å². The molecule has 0 aromatic heterocycles. The first-order valence-corrected chi connectivity index (χ1v) is 10.3. The SMILES string of the molecule is NC(=O)C1CCC2CCC3C4=CC=C5C=CC(=O)C=C5C4CCC3C2C1. The number of primary amides is 1. The van der Waals surface area contributed by atoms with Gasteiger partial charge in [-0.3, -0.25) is 9.59 Å². The van der Waals surface area contributed by atoms with E-state index in [0.717, 1.165) is 25.2 Å². The molecule has 6 atom stereocenters. The van der Waals surface area contributed by atoms with Crippen molar-refractivity contribution in [1.82, 2.24) is 0 Å². The van der Waals surface area contributed by atoms with Gasteiger partial charge in [0.2, 0.25) is 5.91 Å². The second-order valence-electron chi connectivity index (χ2n) is 8.94. The van der Waals surface area contributed by atoms with Gasteiger partial charge in [0.05, 0.1) is 0 Å². The van der Waals surface area contributed by atoms with E-state index in [4.69, 9.17) is 5.73 Å². The quantitative estimate of drug-likeness (QED) is 0.781. The summed E-state index contributed by atoms with van der Waals surface area (Å²) in [6, 6.07) is 0. The smallest absolute Gasteiger partial charge is 0.220 e. The molecule has 0 aliphatic heterocycles. The first kappa shape index (κ1) is 16.3. The van der Waals surface area contributed by atoms with Crippen LogP contribution in [0.15, 0.2) is 47.1 Å². The van der Waals surface area contributed by atoms with Gasteiger partial charge in [0.25, 0.3) is 0 Å². The van der Waals surface area contributed by atoms with Gasteiger partial charge in [0.1, 0.15) is 0 Å². The van der Waals surface area contributed by atoms with E-state index in [9.17, 15) is 9.59 Å². The molecule has 5 aliphatic carbocycles. The highest BCUT2D eigenvalue weighted by Gasteiger charge is 2.48. The van der Waals surface area contributed by atoms with Crippen molar-refractivity contribution in [3.05, 3.63) is 47.1 Å². The normalized spacial score (nSPS) is 40.9. The number of carbonyl (C=O) groups is 2. The van der Waals surface area contributed by atoms with Crippen molar-refractivity contribution in [3.8, 4) is 0 Å². The molecule has 1 amide bonds. The molecule has 0 saturated heterocycles. The van der Waals surface area contributed by atoms with Crippen LogP contribution in [0.3, 0.4) is 0 Å². The van der Waals surface area contributed by atoms with E-state index in [0.29, 0.717) is 23.7 Å². The van der Waals surface area contributed by atoms with Crippen molar-refractivity contribution in [3.63, 3.8) is 0 Å². The Morgan fingerprint density at radius 3 is 2.65 bits per heavy atom. The predicted molar refractivity (Wildman–Crippen MR) is 101 cm³/mol. The fourth-order valence-electron chi connectivity index (χ4n) is 6.70. The zero-order valence-corrected chi connectivity index (χ0v) is 15.2. The zero-order valence-electron chi connectivity index (χ0n) is 15.2. The molecule has 5 aliphatic rings. The van der Waals surface area contributed by atoms with Gasteiger partial charge in [-0.25, -0.2) is 0 Å². The fourth-order valence-corrected chi connectivity index (χ4v) is 6.70. The van der Waals surface area contributed by atoms with Gasteiger partial charge in [-0.1, -0.05) is 23.8 Å². The summed E-state index contributed by atoms with van der Waals surface area (Å²) in [6.45, 7) is 0. The van der Waals surface area contributed by atoms with E-state index in [1.165, 1.54) is 36.8 Å². The Labute approximate surface area is 155 Å². The summed E-state index contributed by atoms with van der Waals surface area (Å²) in [5.74, 6) is 3.32. The van der Waals surface area contributed by atoms with Gasteiger partial charge in [-0.15, -0.1) is 0 Å². The van der Waals surface area contributed by atoms with Crippen molar-refractivity contribution < 1.29 is 9.59 Å². The average Bonchev–Trinajstić information content (AvgIpc) is 2.66. The van der Waals surface area contributed by atoms with Crippen molar-refractivity contribution in [1.29, 1.82) is 0 Å². The number of rotatable bonds is 1.